The molecule has 9 heteroatoms. The third kappa shape index (κ3) is 3.63. The summed E-state index contributed by atoms with van der Waals surface area (Å²) in [6.45, 7) is 1.61. The number of carboxylic acid groups (broad SMARTS) is 1. The second-order valence-corrected chi connectivity index (χ2v) is 8.10. The normalized spacial score (nSPS) is 11.2. The standard InChI is InChI=1S/C26H21N3O6/c1-13-10-19(30)23(31)24(35-13)22-21(14-6-4-7-15(11-14)34-3)27-25(28-22)17-12-29(2)18-9-5-8-16(20(17)18)26(32)33/h4-12,31H,1-3H3,(H,27,28)(H,32,33). The number of H-pyrrole nitrogens is 1. The summed E-state index contributed by atoms with van der Waals surface area (Å²) >= 11 is 0. The smallest absolute Gasteiger partial charge is 0.336 e. The third-order valence-electron chi connectivity index (χ3n) is 5.82. The van der Waals surface area contributed by atoms with E-state index < -0.39 is 17.1 Å². The zero-order valence-electron chi connectivity index (χ0n) is 19.1. The Hall–Kier alpha value is -4.79. The highest BCUT2D eigenvalue weighted by molar-refractivity contribution is 6.09. The molecule has 0 bridgehead atoms. The quantitative estimate of drug-likeness (QED) is 0.342. The van der Waals surface area contributed by atoms with Crippen LogP contribution in [-0.4, -0.2) is 37.8 Å². The fraction of sp³-hybridized carbons (Fsp3) is 0.115. The number of nitrogens with one attached hydrogen (secondary N) is 1. The Labute approximate surface area is 198 Å². The predicted molar refractivity (Wildman–Crippen MR) is 130 cm³/mol. The van der Waals surface area contributed by atoms with Gasteiger partial charge in [0, 0.05) is 41.3 Å². The lowest BCUT2D eigenvalue weighted by atomic mass is 10.1. The largest absolute Gasteiger partial charge is 0.501 e. The van der Waals surface area contributed by atoms with Gasteiger partial charge >= 0.3 is 5.97 Å². The molecule has 0 saturated carbocycles. The number of benzene rings is 2. The molecule has 0 amide bonds. The summed E-state index contributed by atoms with van der Waals surface area (Å²) in [5.74, 6) is -0.435. The number of rotatable bonds is 5. The van der Waals surface area contributed by atoms with Gasteiger partial charge in [-0.1, -0.05) is 18.2 Å². The molecule has 0 spiro atoms. The Bertz CT molecular complexity index is 1670. The number of ether oxygens (including phenoxy) is 1. The van der Waals surface area contributed by atoms with Crippen molar-refractivity contribution in [3.05, 3.63) is 76.3 Å². The number of aryl methyl sites for hydroxylation is 2. The highest BCUT2D eigenvalue weighted by Gasteiger charge is 2.25. The fourth-order valence-electron chi connectivity index (χ4n) is 4.22. The lowest BCUT2D eigenvalue weighted by Crippen LogP contribution is -2.01. The summed E-state index contributed by atoms with van der Waals surface area (Å²) < 4.78 is 12.9. The van der Waals surface area contributed by atoms with E-state index in [2.05, 4.69) is 4.98 Å². The Balaban J connectivity index is 1.84. The van der Waals surface area contributed by atoms with E-state index in [9.17, 15) is 19.8 Å². The van der Waals surface area contributed by atoms with Crippen LogP contribution in [0.15, 0.2) is 63.9 Å². The first-order valence-corrected chi connectivity index (χ1v) is 10.7. The SMILES string of the molecule is COc1cccc(-c2nc(-c3cn(C)c4cccc(C(=O)O)c34)[nH]c2-c2oc(C)cc(=O)c2O)c1. The van der Waals surface area contributed by atoms with E-state index in [1.807, 2.05) is 23.7 Å². The molecule has 0 aliphatic rings. The Morgan fingerprint density at radius 1 is 1.17 bits per heavy atom. The molecule has 0 saturated heterocycles. The average Bonchev–Trinajstić information content (AvgIpc) is 3.43. The summed E-state index contributed by atoms with van der Waals surface area (Å²) in [6.07, 6.45) is 1.78. The predicted octanol–water partition coefficient (Wildman–Crippen LogP) is 4.58. The van der Waals surface area contributed by atoms with Gasteiger partial charge in [-0.3, -0.25) is 4.79 Å². The van der Waals surface area contributed by atoms with Crippen LogP contribution in [0.4, 0.5) is 0 Å². The molecular weight excluding hydrogens is 450 g/mol. The number of imidazole rings is 1. The molecular formula is C26H21N3O6. The molecule has 0 aliphatic carbocycles. The first-order chi connectivity index (χ1) is 16.8. The minimum atomic E-state index is -1.06. The first kappa shape index (κ1) is 22.0. The van der Waals surface area contributed by atoms with Gasteiger partial charge in [-0.15, -0.1) is 0 Å². The molecule has 0 unspecified atom stereocenters. The van der Waals surface area contributed by atoms with Gasteiger partial charge in [0.15, 0.2) is 5.76 Å². The van der Waals surface area contributed by atoms with Crippen molar-refractivity contribution in [1.82, 2.24) is 14.5 Å². The van der Waals surface area contributed by atoms with Crippen LogP contribution in [0.25, 0.3) is 45.0 Å². The number of carbonyl (C=O) groups is 1. The van der Waals surface area contributed by atoms with Crippen LogP contribution in [0.3, 0.4) is 0 Å². The topological polar surface area (TPSA) is 131 Å². The van der Waals surface area contributed by atoms with Gasteiger partial charge < -0.3 is 28.9 Å². The van der Waals surface area contributed by atoms with Crippen molar-refractivity contribution in [2.75, 3.05) is 7.11 Å². The lowest BCUT2D eigenvalue weighted by molar-refractivity contribution is 0.0699. The number of aromatic amines is 1. The number of fused-ring (bicyclic) bond motifs is 1. The molecule has 0 fully saturated rings. The summed E-state index contributed by atoms with van der Waals surface area (Å²) in [4.78, 5) is 32.2. The molecule has 9 nitrogen and oxygen atoms in total. The van der Waals surface area contributed by atoms with Crippen molar-refractivity contribution in [1.29, 1.82) is 0 Å². The number of hydrogen-bond donors (Lipinski definition) is 3. The molecule has 176 valence electrons. The monoisotopic (exact) mass is 471 g/mol. The van der Waals surface area contributed by atoms with E-state index in [1.54, 1.807) is 44.5 Å². The third-order valence-corrected chi connectivity index (χ3v) is 5.82. The van der Waals surface area contributed by atoms with E-state index >= 15 is 0 Å². The van der Waals surface area contributed by atoms with Crippen LogP contribution >= 0.6 is 0 Å². The molecule has 3 heterocycles. The molecule has 2 aromatic carbocycles. The van der Waals surface area contributed by atoms with Crippen LogP contribution in [0.1, 0.15) is 16.1 Å². The minimum absolute atomic E-state index is 0.0646. The highest BCUT2D eigenvalue weighted by atomic mass is 16.5. The fourth-order valence-corrected chi connectivity index (χ4v) is 4.22. The average molecular weight is 471 g/mol. The second kappa shape index (κ2) is 8.21. The maximum absolute atomic E-state index is 12.3. The van der Waals surface area contributed by atoms with E-state index in [0.29, 0.717) is 45.1 Å². The number of aromatic carboxylic acids is 1. The van der Waals surface area contributed by atoms with Crippen molar-refractivity contribution >= 4 is 16.9 Å². The molecule has 35 heavy (non-hydrogen) atoms. The van der Waals surface area contributed by atoms with E-state index in [-0.39, 0.29) is 17.0 Å². The van der Waals surface area contributed by atoms with Gasteiger partial charge in [0.25, 0.3) is 0 Å². The molecule has 0 aliphatic heterocycles. The van der Waals surface area contributed by atoms with Crippen LogP contribution in [0.2, 0.25) is 0 Å². The zero-order chi connectivity index (χ0) is 24.9. The van der Waals surface area contributed by atoms with Crippen molar-refractivity contribution in [3.63, 3.8) is 0 Å². The van der Waals surface area contributed by atoms with E-state index in [4.69, 9.17) is 14.1 Å². The van der Waals surface area contributed by atoms with Crippen molar-refractivity contribution < 1.29 is 24.2 Å². The van der Waals surface area contributed by atoms with Gasteiger partial charge in [0.2, 0.25) is 11.2 Å². The van der Waals surface area contributed by atoms with Gasteiger partial charge in [-0.2, -0.15) is 0 Å². The number of aromatic hydroxyl groups is 1. The molecule has 5 rings (SSSR count). The number of methoxy groups -OCH3 is 1. The second-order valence-electron chi connectivity index (χ2n) is 8.10. The van der Waals surface area contributed by atoms with E-state index in [0.717, 1.165) is 0 Å². The van der Waals surface area contributed by atoms with Crippen molar-refractivity contribution in [2.24, 2.45) is 7.05 Å². The number of nitrogens with zero attached hydrogens (tertiary/aromatic N) is 2. The van der Waals surface area contributed by atoms with Crippen LogP contribution in [-0.2, 0) is 7.05 Å². The van der Waals surface area contributed by atoms with Gasteiger partial charge in [-0.05, 0) is 31.2 Å². The van der Waals surface area contributed by atoms with Gasteiger partial charge in [0.1, 0.15) is 28.7 Å². The molecule has 0 atom stereocenters. The number of carboxylic acids is 1. The molecule has 5 aromatic rings. The molecule has 0 radical (unpaired) electrons. The van der Waals surface area contributed by atoms with Crippen molar-refractivity contribution in [2.45, 2.75) is 6.92 Å². The Morgan fingerprint density at radius 2 is 1.94 bits per heavy atom. The number of aromatic nitrogens is 3. The van der Waals surface area contributed by atoms with Gasteiger partial charge in [0.05, 0.1) is 12.7 Å². The Morgan fingerprint density at radius 3 is 2.69 bits per heavy atom. The summed E-state index contributed by atoms with van der Waals surface area (Å²) in [7, 11) is 3.36. The van der Waals surface area contributed by atoms with Crippen LogP contribution in [0, 0.1) is 6.92 Å². The zero-order valence-corrected chi connectivity index (χ0v) is 19.1. The minimum Gasteiger partial charge on any atom is -0.501 e. The Kier molecular flexibility index (Phi) is 5.17. The number of hydrogen-bond acceptors (Lipinski definition) is 6. The summed E-state index contributed by atoms with van der Waals surface area (Å²) in [5.41, 5.74) is 2.11. The molecule has 3 N–H and O–H groups in total. The highest BCUT2D eigenvalue weighted by Crippen LogP contribution is 2.39. The van der Waals surface area contributed by atoms with E-state index in [1.165, 1.54) is 12.1 Å². The first-order valence-electron chi connectivity index (χ1n) is 10.7. The maximum Gasteiger partial charge on any atom is 0.336 e. The summed E-state index contributed by atoms with van der Waals surface area (Å²) in [5, 5.41) is 20.9. The van der Waals surface area contributed by atoms with Crippen LogP contribution in [0.5, 0.6) is 11.5 Å². The van der Waals surface area contributed by atoms with Gasteiger partial charge in [-0.25, -0.2) is 9.78 Å². The molecule has 3 aromatic heterocycles. The van der Waals surface area contributed by atoms with Crippen LogP contribution < -0.4 is 10.2 Å². The lowest BCUT2D eigenvalue weighted by Gasteiger charge is -2.06. The van der Waals surface area contributed by atoms with Crippen molar-refractivity contribution in [3.8, 4) is 45.6 Å². The summed E-state index contributed by atoms with van der Waals surface area (Å²) in [6, 6.07) is 13.4. The maximum atomic E-state index is 12.3.